The van der Waals surface area contributed by atoms with Crippen molar-refractivity contribution in [3.63, 3.8) is 0 Å². The lowest BCUT2D eigenvalue weighted by Crippen LogP contribution is -2.06. The van der Waals surface area contributed by atoms with Gasteiger partial charge < -0.3 is 4.74 Å². The van der Waals surface area contributed by atoms with Crippen LogP contribution in [-0.4, -0.2) is 5.97 Å². The van der Waals surface area contributed by atoms with Gasteiger partial charge in [-0.25, -0.2) is 4.79 Å². The van der Waals surface area contributed by atoms with Gasteiger partial charge in [0, 0.05) is 4.47 Å². The number of rotatable bonds is 2. The standard InChI is InChI=1S/C11H6Br2O2S/c12-7-3-4-9(8(13)6-7)15-11(14)10-2-1-5-16-10/h1-6H. The first kappa shape index (κ1) is 11.8. The molecule has 2 aromatic rings. The Morgan fingerprint density at radius 1 is 1.25 bits per heavy atom. The highest BCUT2D eigenvalue weighted by molar-refractivity contribution is 9.11. The minimum atomic E-state index is -0.335. The predicted octanol–water partition coefficient (Wildman–Crippen LogP) is 4.49. The summed E-state index contributed by atoms with van der Waals surface area (Å²) in [6.07, 6.45) is 0. The van der Waals surface area contributed by atoms with E-state index in [4.69, 9.17) is 4.74 Å². The minimum Gasteiger partial charge on any atom is -0.421 e. The molecule has 5 heteroatoms. The van der Waals surface area contributed by atoms with Gasteiger partial charge in [-0.3, -0.25) is 0 Å². The molecule has 0 amide bonds. The molecule has 0 saturated heterocycles. The monoisotopic (exact) mass is 360 g/mol. The van der Waals surface area contributed by atoms with Gasteiger partial charge in [0.15, 0.2) is 0 Å². The molecule has 16 heavy (non-hydrogen) atoms. The summed E-state index contributed by atoms with van der Waals surface area (Å²) in [5.74, 6) is 0.180. The summed E-state index contributed by atoms with van der Waals surface area (Å²) in [5, 5.41) is 1.84. The molecule has 0 aliphatic carbocycles. The van der Waals surface area contributed by atoms with Crippen LogP contribution in [0.1, 0.15) is 9.67 Å². The summed E-state index contributed by atoms with van der Waals surface area (Å²) in [5.41, 5.74) is 0. The van der Waals surface area contributed by atoms with E-state index in [9.17, 15) is 4.79 Å². The minimum absolute atomic E-state index is 0.335. The predicted molar refractivity (Wildman–Crippen MR) is 71.1 cm³/mol. The van der Waals surface area contributed by atoms with Crippen molar-refractivity contribution in [3.8, 4) is 5.75 Å². The van der Waals surface area contributed by atoms with Gasteiger partial charge >= 0.3 is 5.97 Å². The van der Waals surface area contributed by atoms with Gasteiger partial charge in [0.2, 0.25) is 0 Å². The Morgan fingerprint density at radius 2 is 2.06 bits per heavy atom. The zero-order chi connectivity index (χ0) is 11.5. The molecule has 0 unspecified atom stereocenters. The first-order chi connectivity index (χ1) is 7.66. The lowest BCUT2D eigenvalue weighted by atomic mass is 10.3. The smallest absolute Gasteiger partial charge is 0.353 e. The largest absolute Gasteiger partial charge is 0.421 e. The van der Waals surface area contributed by atoms with Crippen LogP contribution in [0.3, 0.4) is 0 Å². The van der Waals surface area contributed by atoms with Crippen molar-refractivity contribution in [3.05, 3.63) is 49.5 Å². The second-order valence-electron chi connectivity index (χ2n) is 2.94. The number of hydrogen-bond donors (Lipinski definition) is 0. The molecule has 1 heterocycles. The molecule has 0 radical (unpaired) electrons. The van der Waals surface area contributed by atoms with Crippen LogP contribution >= 0.6 is 43.2 Å². The van der Waals surface area contributed by atoms with E-state index in [-0.39, 0.29) is 5.97 Å². The molecule has 0 bridgehead atoms. The maximum Gasteiger partial charge on any atom is 0.353 e. The number of thiophene rings is 1. The Balaban J connectivity index is 2.18. The lowest BCUT2D eigenvalue weighted by molar-refractivity contribution is 0.0738. The summed E-state index contributed by atoms with van der Waals surface area (Å²) in [6.45, 7) is 0. The molecular formula is C11H6Br2O2S. The van der Waals surface area contributed by atoms with E-state index in [1.807, 2.05) is 23.6 Å². The van der Waals surface area contributed by atoms with Crippen LogP contribution in [0, 0.1) is 0 Å². The van der Waals surface area contributed by atoms with Crippen molar-refractivity contribution in [2.45, 2.75) is 0 Å². The van der Waals surface area contributed by atoms with Gasteiger partial charge in [-0.1, -0.05) is 22.0 Å². The normalized spacial score (nSPS) is 10.1. The molecular weight excluding hydrogens is 356 g/mol. The lowest BCUT2D eigenvalue weighted by Gasteiger charge is -2.05. The van der Waals surface area contributed by atoms with Crippen LogP contribution in [0.4, 0.5) is 0 Å². The van der Waals surface area contributed by atoms with Crippen molar-refractivity contribution < 1.29 is 9.53 Å². The third-order valence-electron chi connectivity index (χ3n) is 1.82. The van der Waals surface area contributed by atoms with Crippen molar-refractivity contribution >= 4 is 49.2 Å². The first-order valence-corrected chi connectivity index (χ1v) is 6.84. The van der Waals surface area contributed by atoms with Gasteiger partial charge in [0.05, 0.1) is 4.47 Å². The highest BCUT2D eigenvalue weighted by Crippen LogP contribution is 2.29. The fourth-order valence-electron chi connectivity index (χ4n) is 1.10. The summed E-state index contributed by atoms with van der Waals surface area (Å²) in [7, 11) is 0. The topological polar surface area (TPSA) is 26.3 Å². The van der Waals surface area contributed by atoms with E-state index < -0.39 is 0 Å². The Hall–Kier alpha value is -0.650. The second kappa shape index (κ2) is 5.12. The molecule has 0 fully saturated rings. The van der Waals surface area contributed by atoms with Gasteiger partial charge in [-0.15, -0.1) is 11.3 Å². The number of carbonyl (C=O) groups is 1. The third-order valence-corrected chi connectivity index (χ3v) is 3.78. The summed E-state index contributed by atoms with van der Waals surface area (Å²) in [4.78, 5) is 12.3. The van der Waals surface area contributed by atoms with E-state index >= 15 is 0 Å². The van der Waals surface area contributed by atoms with Crippen LogP contribution in [-0.2, 0) is 0 Å². The molecule has 0 spiro atoms. The molecule has 2 nitrogen and oxygen atoms in total. The quantitative estimate of drug-likeness (QED) is 0.581. The molecule has 0 saturated carbocycles. The molecule has 1 aromatic carbocycles. The highest BCUT2D eigenvalue weighted by atomic mass is 79.9. The highest BCUT2D eigenvalue weighted by Gasteiger charge is 2.11. The van der Waals surface area contributed by atoms with Gasteiger partial charge in [0.25, 0.3) is 0 Å². The first-order valence-electron chi connectivity index (χ1n) is 4.37. The van der Waals surface area contributed by atoms with Crippen LogP contribution < -0.4 is 4.74 Å². The Bertz CT molecular complexity index is 509. The van der Waals surface area contributed by atoms with E-state index in [0.29, 0.717) is 10.6 Å². The van der Waals surface area contributed by atoms with Gasteiger partial charge in [0.1, 0.15) is 10.6 Å². The van der Waals surface area contributed by atoms with Crippen molar-refractivity contribution in [2.24, 2.45) is 0 Å². The number of benzene rings is 1. The van der Waals surface area contributed by atoms with Crippen molar-refractivity contribution in [1.82, 2.24) is 0 Å². The van der Waals surface area contributed by atoms with Gasteiger partial charge in [-0.05, 0) is 45.6 Å². The number of ether oxygens (including phenoxy) is 1. The van der Waals surface area contributed by atoms with E-state index in [0.717, 1.165) is 8.95 Å². The van der Waals surface area contributed by atoms with Crippen molar-refractivity contribution in [2.75, 3.05) is 0 Å². The zero-order valence-corrected chi connectivity index (χ0v) is 11.9. The van der Waals surface area contributed by atoms with Crippen LogP contribution in [0.15, 0.2) is 44.7 Å². The summed E-state index contributed by atoms with van der Waals surface area (Å²) < 4.78 is 6.92. The summed E-state index contributed by atoms with van der Waals surface area (Å²) >= 11 is 8.03. The number of esters is 1. The average Bonchev–Trinajstić information content (AvgIpc) is 2.75. The van der Waals surface area contributed by atoms with Gasteiger partial charge in [-0.2, -0.15) is 0 Å². The fraction of sp³-hybridized carbons (Fsp3) is 0. The maximum atomic E-state index is 11.7. The van der Waals surface area contributed by atoms with Crippen LogP contribution in [0.5, 0.6) is 5.75 Å². The van der Waals surface area contributed by atoms with E-state index in [1.165, 1.54) is 11.3 Å². The number of carbonyl (C=O) groups excluding carboxylic acids is 1. The SMILES string of the molecule is O=C(Oc1ccc(Br)cc1Br)c1cccs1. The van der Waals surface area contributed by atoms with E-state index in [2.05, 4.69) is 31.9 Å². The molecule has 0 N–H and O–H groups in total. The molecule has 0 atom stereocenters. The molecule has 82 valence electrons. The Kier molecular flexibility index (Phi) is 3.78. The zero-order valence-electron chi connectivity index (χ0n) is 7.94. The Morgan fingerprint density at radius 3 is 2.69 bits per heavy atom. The van der Waals surface area contributed by atoms with Crippen LogP contribution in [0.25, 0.3) is 0 Å². The van der Waals surface area contributed by atoms with Crippen LogP contribution in [0.2, 0.25) is 0 Å². The maximum absolute atomic E-state index is 11.7. The number of halogens is 2. The molecule has 0 aliphatic heterocycles. The fourth-order valence-corrected chi connectivity index (χ4v) is 2.83. The third kappa shape index (κ3) is 2.72. The molecule has 1 aromatic heterocycles. The van der Waals surface area contributed by atoms with Crippen molar-refractivity contribution in [1.29, 1.82) is 0 Å². The second-order valence-corrected chi connectivity index (χ2v) is 5.66. The number of hydrogen-bond acceptors (Lipinski definition) is 3. The Labute approximate surface area is 114 Å². The molecule has 0 aliphatic rings. The molecule has 2 rings (SSSR count). The average molecular weight is 362 g/mol. The van der Waals surface area contributed by atoms with E-state index in [1.54, 1.807) is 12.1 Å². The summed E-state index contributed by atoms with van der Waals surface area (Å²) in [6, 6.07) is 8.94.